The number of hydrogen-bond acceptors (Lipinski definition) is 8. The summed E-state index contributed by atoms with van der Waals surface area (Å²) in [4.78, 5) is 40.0. The van der Waals surface area contributed by atoms with Crippen LogP contribution in [0.5, 0.6) is 11.5 Å². The van der Waals surface area contributed by atoms with E-state index < -0.39 is 4.92 Å². The van der Waals surface area contributed by atoms with Gasteiger partial charge in [-0.1, -0.05) is 18.2 Å². The minimum Gasteiger partial charge on any atom is -0.493 e. The molecule has 1 heterocycles. The Morgan fingerprint density at radius 1 is 1.03 bits per heavy atom. The molecule has 2 aromatic carbocycles. The molecule has 0 saturated heterocycles. The molecular weight excluding hydrogens is 484 g/mol. The van der Waals surface area contributed by atoms with Crippen molar-refractivity contribution in [1.82, 2.24) is 15.6 Å². The quantitative estimate of drug-likeness (QED) is 0.327. The number of non-ortho nitro benzene ring substituents is 1. The van der Waals surface area contributed by atoms with Gasteiger partial charge in [-0.2, -0.15) is 0 Å². The number of benzene rings is 2. The zero-order chi connectivity index (χ0) is 25.5. The monoisotopic (exact) mass is 510 g/mol. The zero-order valence-corrected chi connectivity index (χ0v) is 20.5. The van der Waals surface area contributed by atoms with Gasteiger partial charge in [-0.15, -0.1) is 11.3 Å². The normalized spacial score (nSPS) is 17.1. The number of para-hydroxylation sites is 2. The number of ether oxygens (including phenoxy) is 2. The lowest BCUT2D eigenvalue weighted by atomic mass is 9.91. The number of carbonyl (C=O) groups is 2. The summed E-state index contributed by atoms with van der Waals surface area (Å²) in [5.41, 5.74) is 0.485. The smallest absolute Gasteiger partial charge is 0.270 e. The van der Waals surface area contributed by atoms with Crippen LogP contribution in [0.15, 0.2) is 53.9 Å². The topological polar surface area (TPSA) is 133 Å². The highest BCUT2D eigenvalue weighted by Gasteiger charge is 2.25. The summed E-state index contributed by atoms with van der Waals surface area (Å²) in [6.07, 6.45) is 2.81. The molecule has 188 valence electrons. The van der Waals surface area contributed by atoms with Gasteiger partial charge < -0.3 is 20.1 Å². The molecule has 1 aliphatic carbocycles. The molecular formula is C25H26N4O6S. The number of carbonyl (C=O) groups excluding carboxylic acids is 2. The molecule has 2 N–H and O–H groups in total. The van der Waals surface area contributed by atoms with E-state index in [4.69, 9.17) is 9.47 Å². The van der Waals surface area contributed by atoms with Crippen LogP contribution in [0.2, 0.25) is 0 Å². The standard InChI is InChI=1S/C25H26N4O6S/c1-34-21-7-2-3-8-22(21)35-14-23-28-20(15-36-23)25(31)27-18-11-9-17(10-12-18)26-24(30)16-5-4-6-19(13-16)29(32)33/h2-8,13,15,17-18H,9-12,14H2,1H3,(H,26,30)(H,27,31). The van der Waals surface area contributed by atoms with Crippen LogP contribution in [0.1, 0.15) is 51.5 Å². The highest BCUT2D eigenvalue weighted by atomic mass is 32.1. The van der Waals surface area contributed by atoms with Crippen LogP contribution >= 0.6 is 11.3 Å². The summed E-state index contributed by atoms with van der Waals surface area (Å²) < 4.78 is 11.0. The van der Waals surface area contributed by atoms with E-state index in [1.54, 1.807) is 18.6 Å². The number of nitrogens with zero attached hydrogens (tertiary/aromatic N) is 2. The second-order valence-electron chi connectivity index (χ2n) is 8.37. The fourth-order valence-electron chi connectivity index (χ4n) is 4.03. The first kappa shape index (κ1) is 25.1. The first-order valence-electron chi connectivity index (χ1n) is 11.5. The summed E-state index contributed by atoms with van der Waals surface area (Å²) in [6, 6.07) is 12.9. The third-order valence-corrected chi connectivity index (χ3v) is 6.74. The molecule has 0 radical (unpaired) electrons. The van der Waals surface area contributed by atoms with Crippen LogP contribution in [0, 0.1) is 10.1 Å². The van der Waals surface area contributed by atoms with E-state index in [2.05, 4.69) is 15.6 Å². The average molecular weight is 511 g/mol. The Balaban J connectivity index is 1.23. The van der Waals surface area contributed by atoms with Crippen molar-refractivity contribution in [1.29, 1.82) is 0 Å². The molecule has 0 aliphatic heterocycles. The molecule has 10 nitrogen and oxygen atoms in total. The van der Waals surface area contributed by atoms with Crippen molar-refractivity contribution in [3.05, 3.63) is 80.3 Å². The van der Waals surface area contributed by atoms with E-state index in [9.17, 15) is 19.7 Å². The Morgan fingerprint density at radius 2 is 1.69 bits per heavy atom. The average Bonchev–Trinajstić information content (AvgIpc) is 3.38. The minimum atomic E-state index is -0.524. The summed E-state index contributed by atoms with van der Waals surface area (Å²) in [5, 5.41) is 19.3. The minimum absolute atomic E-state index is 0.0153. The molecule has 1 aromatic heterocycles. The molecule has 1 fully saturated rings. The number of nitro groups is 1. The van der Waals surface area contributed by atoms with E-state index >= 15 is 0 Å². The van der Waals surface area contributed by atoms with Gasteiger partial charge in [0, 0.05) is 35.2 Å². The van der Waals surface area contributed by atoms with E-state index in [-0.39, 0.29) is 41.8 Å². The van der Waals surface area contributed by atoms with Crippen LogP contribution < -0.4 is 20.1 Å². The maximum absolute atomic E-state index is 12.7. The Labute approximate surface area is 211 Å². The number of methoxy groups -OCH3 is 1. The van der Waals surface area contributed by atoms with Crippen molar-refractivity contribution in [2.45, 2.75) is 44.4 Å². The van der Waals surface area contributed by atoms with Crippen LogP contribution in [0.25, 0.3) is 0 Å². The lowest BCUT2D eigenvalue weighted by Gasteiger charge is -2.29. The number of aromatic nitrogens is 1. The van der Waals surface area contributed by atoms with Crippen molar-refractivity contribution < 1.29 is 24.0 Å². The first-order valence-corrected chi connectivity index (χ1v) is 12.4. The van der Waals surface area contributed by atoms with Gasteiger partial charge in [-0.05, 0) is 43.9 Å². The number of nitrogens with one attached hydrogen (secondary N) is 2. The van der Waals surface area contributed by atoms with Gasteiger partial charge in [0.1, 0.15) is 17.3 Å². The van der Waals surface area contributed by atoms with E-state index in [0.29, 0.717) is 47.9 Å². The summed E-state index contributed by atoms with van der Waals surface area (Å²) in [7, 11) is 1.58. The maximum Gasteiger partial charge on any atom is 0.270 e. The van der Waals surface area contributed by atoms with E-state index in [0.717, 1.165) is 0 Å². The van der Waals surface area contributed by atoms with Gasteiger partial charge >= 0.3 is 0 Å². The highest BCUT2D eigenvalue weighted by Crippen LogP contribution is 2.27. The number of nitro benzene ring substituents is 1. The Bertz CT molecular complexity index is 1240. The Kier molecular flexibility index (Phi) is 8.11. The molecule has 3 aromatic rings. The number of amides is 2. The lowest BCUT2D eigenvalue weighted by Crippen LogP contribution is -2.43. The van der Waals surface area contributed by atoms with Crippen molar-refractivity contribution >= 4 is 28.8 Å². The van der Waals surface area contributed by atoms with Gasteiger partial charge in [-0.25, -0.2) is 4.98 Å². The zero-order valence-electron chi connectivity index (χ0n) is 19.6. The molecule has 4 rings (SSSR count). The summed E-state index contributed by atoms with van der Waals surface area (Å²) in [6.45, 7) is 0.230. The van der Waals surface area contributed by atoms with Crippen molar-refractivity contribution in [2.24, 2.45) is 0 Å². The lowest BCUT2D eigenvalue weighted by molar-refractivity contribution is -0.384. The van der Waals surface area contributed by atoms with Crippen molar-refractivity contribution in [3.8, 4) is 11.5 Å². The third kappa shape index (κ3) is 6.36. The molecule has 36 heavy (non-hydrogen) atoms. The summed E-state index contributed by atoms with van der Waals surface area (Å²) in [5.74, 6) is 0.662. The van der Waals surface area contributed by atoms with Gasteiger partial charge in [0.05, 0.1) is 12.0 Å². The van der Waals surface area contributed by atoms with Gasteiger partial charge in [0.2, 0.25) is 0 Å². The number of thiazole rings is 1. The van der Waals surface area contributed by atoms with Crippen molar-refractivity contribution in [2.75, 3.05) is 7.11 Å². The number of hydrogen-bond donors (Lipinski definition) is 2. The third-order valence-electron chi connectivity index (χ3n) is 5.92. The first-order chi connectivity index (χ1) is 17.4. The molecule has 11 heteroatoms. The predicted octanol–water partition coefficient (Wildman–Crippen LogP) is 4.11. The fourth-order valence-corrected chi connectivity index (χ4v) is 4.72. The van der Waals surface area contributed by atoms with E-state index in [1.807, 2.05) is 24.3 Å². The Hall–Kier alpha value is -3.99. The molecule has 0 bridgehead atoms. The predicted molar refractivity (Wildman–Crippen MR) is 134 cm³/mol. The van der Waals surface area contributed by atoms with Gasteiger partial charge in [0.25, 0.3) is 17.5 Å². The SMILES string of the molecule is COc1ccccc1OCc1nc(C(=O)NC2CCC(NC(=O)c3cccc([N+](=O)[O-])c3)CC2)cs1. The number of rotatable bonds is 9. The molecule has 1 saturated carbocycles. The molecule has 0 atom stereocenters. The fraction of sp³-hybridized carbons (Fsp3) is 0.320. The second kappa shape index (κ2) is 11.6. The largest absolute Gasteiger partial charge is 0.493 e. The molecule has 0 unspecified atom stereocenters. The second-order valence-corrected chi connectivity index (χ2v) is 9.31. The van der Waals surface area contributed by atoms with Crippen LogP contribution in [0.4, 0.5) is 5.69 Å². The maximum atomic E-state index is 12.7. The van der Waals surface area contributed by atoms with E-state index in [1.165, 1.54) is 29.5 Å². The van der Waals surface area contributed by atoms with Crippen molar-refractivity contribution in [3.63, 3.8) is 0 Å². The van der Waals surface area contributed by atoms with Gasteiger partial charge in [0.15, 0.2) is 11.5 Å². The Morgan fingerprint density at radius 3 is 2.36 bits per heavy atom. The van der Waals surface area contributed by atoms with Crippen LogP contribution in [0.3, 0.4) is 0 Å². The summed E-state index contributed by atoms with van der Waals surface area (Å²) >= 11 is 1.35. The van der Waals surface area contributed by atoms with Gasteiger partial charge in [-0.3, -0.25) is 19.7 Å². The highest BCUT2D eigenvalue weighted by molar-refractivity contribution is 7.09. The molecule has 1 aliphatic rings. The van der Waals surface area contributed by atoms with Crippen LogP contribution in [-0.4, -0.2) is 40.9 Å². The molecule has 2 amide bonds. The molecule has 0 spiro atoms. The van der Waals surface area contributed by atoms with Crippen LogP contribution in [-0.2, 0) is 6.61 Å².